The molecule has 0 bridgehead atoms. The van der Waals surface area contributed by atoms with Gasteiger partial charge in [0.15, 0.2) is 0 Å². The van der Waals surface area contributed by atoms with Crippen molar-refractivity contribution in [3.63, 3.8) is 0 Å². The highest BCUT2D eigenvalue weighted by molar-refractivity contribution is 7.89. The van der Waals surface area contributed by atoms with E-state index >= 15 is 0 Å². The van der Waals surface area contributed by atoms with Gasteiger partial charge in [0.2, 0.25) is 10.0 Å². The van der Waals surface area contributed by atoms with E-state index in [-0.39, 0.29) is 0 Å². The van der Waals surface area contributed by atoms with Crippen LogP contribution in [0.4, 0.5) is 0 Å². The van der Waals surface area contributed by atoms with Crippen LogP contribution in [0.3, 0.4) is 0 Å². The lowest BCUT2D eigenvalue weighted by atomic mass is 10.0. The summed E-state index contributed by atoms with van der Waals surface area (Å²) in [6.07, 6.45) is 6.65. The summed E-state index contributed by atoms with van der Waals surface area (Å²) in [6, 6.07) is 0.345. The molecule has 1 saturated heterocycles. The van der Waals surface area contributed by atoms with E-state index in [0.29, 0.717) is 23.6 Å². The molecule has 2 saturated carbocycles. The minimum Gasteiger partial charge on any atom is -0.317 e. The van der Waals surface area contributed by atoms with E-state index in [1.807, 2.05) is 4.31 Å². The average Bonchev–Trinajstić information content (AvgIpc) is 3.20. The summed E-state index contributed by atoms with van der Waals surface area (Å²) in [5.74, 6) is 1.42. The minimum absolute atomic E-state index is 0.345. The number of hydrogen-bond donors (Lipinski definition) is 1. The maximum Gasteiger partial charge on any atom is 0.214 e. The molecule has 0 spiro atoms. The molecule has 0 radical (unpaired) electrons. The Kier molecular flexibility index (Phi) is 3.65. The van der Waals surface area contributed by atoms with E-state index in [9.17, 15) is 8.42 Å². The van der Waals surface area contributed by atoms with Crippen molar-refractivity contribution in [1.82, 2.24) is 9.62 Å². The van der Waals surface area contributed by atoms with Gasteiger partial charge in [0, 0.05) is 12.6 Å². The van der Waals surface area contributed by atoms with Crippen molar-refractivity contribution in [3.05, 3.63) is 0 Å². The minimum atomic E-state index is -3.01. The summed E-state index contributed by atoms with van der Waals surface area (Å²) >= 11 is 0. The van der Waals surface area contributed by atoms with Crippen LogP contribution in [0.15, 0.2) is 0 Å². The highest BCUT2D eigenvalue weighted by Gasteiger charge is 2.41. The van der Waals surface area contributed by atoms with Gasteiger partial charge in [-0.2, -0.15) is 4.31 Å². The SMILES string of the molecule is O=S(=O)(CC1CCNCC1)N(CC1CC1)C1CC1. The maximum absolute atomic E-state index is 12.5. The first kappa shape index (κ1) is 12.9. The Morgan fingerprint density at radius 1 is 0.944 bits per heavy atom. The predicted molar refractivity (Wildman–Crippen MR) is 71.8 cm³/mol. The molecule has 0 aromatic rings. The fourth-order valence-corrected chi connectivity index (χ4v) is 5.07. The van der Waals surface area contributed by atoms with Crippen LogP contribution in [-0.2, 0) is 10.0 Å². The van der Waals surface area contributed by atoms with Crippen LogP contribution in [0, 0.1) is 11.8 Å². The summed E-state index contributed by atoms with van der Waals surface area (Å²) < 4.78 is 27.0. The third-order valence-electron chi connectivity index (χ3n) is 4.35. The Bertz CT molecular complexity index is 382. The third kappa shape index (κ3) is 3.25. The van der Waals surface area contributed by atoms with Crippen LogP contribution < -0.4 is 5.32 Å². The number of piperidine rings is 1. The Hall–Kier alpha value is -0.130. The molecule has 3 fully saturated rings. The number of rotatable bonds is 6. The van der Waals surface area contributed by atoms with Crippen molar-refractivity contribution in [2.75, 3.05) is 25.4 Å². The molecule has 4 nitrogen and oxygen atoms in total. The van der Waals surface area contributed by atoms with Crippen LogP contribution in [0.5, 0.6) is 0 Å². The van der Waals surface area contributed by atoms with E-state index in [0.717, 1.165) is 45.3 Å². The Labute approximate surface area is 110 Å². The van der Waals surface area contributed by atoms with Gasteiger partial charge in [0.1, 0.15) is 0 Å². The van der Waals surface area contributed by atoms with Gasteiger partial charge in [0.05, 0.1) is 5.75 Å². The Balaban J connectivity index is 1.62. The van der Waals surface area contributed by atoms with E-state index in [2.05, 4.69) is 5.32 Å². The lowest BCUT2D eigenvalue weighted by Crippen LogP contribution is -2.40. The molecule has 1 N–H and O–H groups in total. The molecule has 0 amide bonds. The molecule has 1 heterocycles. The van der Waals surface area contributed by atoms with Gasteiger partial charge in [-0.15, -0.1) is 0 Å². The van der Waals surface area contributed by atoms with Gasteiger partial charge in [0.25, 0.3) is 0 Å². The van der Waals surface area contributed by atoms with Crippen molar-refractivity contribution in [2.45, 2.75) is 44.6 Å². The van der Waals surface area contributed by atoms with E-state index in [1.54, 1.807) is 0 Å². The second-order valence-electron chi connectivity index (χ2n) is 6.22. The van der Waals surface area contributed by atoms with Crippen molar-refractivity contribution in [1.29, 1.82) is 0 Å². The summed E-state index contributed by atoms with van der Waals surface area (Å²) in [5, 5.41) is 3.30. The first-order valence-electron chi connectivity index (χ1n) is 7.35. The third-order valence-corrected chi connectivity index (χ3v) is 6.41. The van der Waals surface area contributed by atoms with Crippen LogP contribution in [0.1, 0.15) is 38.5 Å². The molecule has 5 heteroatoms. The largest absolute Gasteiger partial charge is 0.317 e. The molecule has 3 rings (SSSR count). The highest BCUT2D eigenvalue weighted by atomic mass is 32.2. The number of hydrogen-bond acceptors (Lipinski definition) is 3. The molecule has 104 valence electrons. The van der Waals surface area contributed by atoms with Gasteiger partial charge >= 0.3 is 0 Å². The normalized spacial score (nSPS) is 26.7. The zero-order chi connectivity index (χ0) is 12.6. The van der Waals surface area contributed by atoms with Gasteiger partial charge in [-0.3, -0.25) is 0 Å². The Morgan fingerprint density at radius 2 is 1.61 bits per heavy atom. The number of nitrogens with zero attached hydrogens (tertiary/aromatic N) is 1. The highest BCUT2D eigenvalue weighted by Crippen LogP contribution is 2.37. The fourth-order valence-electron chi connectivity index (χ4n) is 2.85. The van der Waals surface area contributed by atoms with Crippen LogP contribution in [-0.4, -0.2) is 44.2 Å². The van der Waals surface area contributed by atoms with E-state index in [1.165, 1.54) is 12.8 Å². The van der Waals surface area contributed by atoms with Crippen LogP contribution >= 0.6 is 0 Å². The van der Waals surface area contributed by atoms with Crippen molar-refractivity contribution in [2.24, 2.45) is 11.8 Å². The van der Waals surface area contributed by atoms with E-state index < -0.39 is 10.0 Å². The number of sulfonamides is 1. The quantitative estimate of drug-likeness (QED) is 0.790. The summed E-state index contributed by atoms with van der Waals surface area (Å²) in [7, 11) is -3.01. The standard InChI is InChI=1S/C13H24N2O2S/c16-18(17,10-12-5-7-14-8-6-12)15(13-3-4-13)9-11-1-2-11/h11-14H,1-10H2. The van der Waals surface area contributed by atoms with Crippen molar-refractivity contribution < 1.29 is 8.42 Å². The lowest BCUT2D eigenvalue weighted by molar-refractivity contribution is 0.364. The van der Waals surface area contributed by atoms with Crippen molar-refractivity contribution in [3.8, 4) is 0 Å². The number of nitrogens with one attached hydrogen (secondary N) is 1. The van der Waals surface area contributed by atoms with E-state index in [4.69, 9.17) is 0 Å². The maximum atomic E-state index is 12.5. The second-order valence-corrected chi connectivity index (χ2v) is 8.18. The molecule has 0 atom stereocenters. The van der Waals surface area contributed by atoms with Gasteiger partial charge < -0.3 is 5.32 Å². The zero-order valence-electron chi connectivity index (χ0n) is 11.0. The zero-order valence-corrected chi connectivity index (χ0v) is 11.8. The van der Waals surface area contributed by atoms with Crippen molar-refractivity contribution >= 4 is 10.0 Å². The summed E-state index contributed by atoms with van der Waals surface area (Å²) in [4.78, 5) is 0. The molecule has 2 aliphatic carbocycles. The lowest BCUT2D eigenvalue weighted by Gasteiger charge is -2.27. The molecule has 1 aliphatic heterocycles. The second kappa shape index (κ2) is 5.10. The van der Waals surface area contributed by atoms with Gasteiger partial charge in [-0.05, 0) is 63.5 Å². The Morgan fingerprint density at radius 3 is 2.17 bits per heavy atom. The molecule has 3 aliphatic rings. The predicted octanol–water partition coefficient (Wildman–Crippen LogP) is 1.19. The smallest absolute Gasteiger partial charge is 0.214 e. The van der Waals surface area contributed by atoms with Crippen LogP contribution in [0.2, 0.25) is 0 Å². The topological polar surface area (TPSA) is 49.4 Å². The molecular formula is C13H24N2O2S. The fraction of sp³-hybridized carbons (Fsp3) is 1.00. The summed E-state index contributed by atoms with van der Waals surface area (Å²) in [6.45, 7) is 2.76. The van der Waals surface area contributed by atoms with Gasteiger partial charge in [-0.1, -0.05) is 0 Å². The van der Waals surface area contributed by atoms with Crippen LogP contribution in [0.25, 0.3) is 0 Å². The monoisotopic (exact) mass is 272 g/mol. The average molecular weight is 272 g/mol. The summed E-state index contributed by atoms with van der Waals surface area (Å²) in [5.41, 5.74) is 0. The molecule has 0 aromatic carbocycles. The molecular weight excluding hydrogens is 248 g/mol. The first-order valence-corrected chi connectivity index (χ1v) is 8.96. The molecule has 0 unspecified atom stereocenters. The van der Waals surface area contributed by atoms with Gasteiger partial charge in [-0.25, -0.2) is 8.42 Å². The molecule has 18 heavy (non-hydrogen) atoms. The first-order chi connectivity index (χ1) is 8.65. The molecule has 0 aromatic heterocycles.